The molecular formula is C30H37F3N6O8. The Morgan fingerprint density at radius 1 is 1.00 bits per heavy atom. The molecule has 1 fully saturated rings. The minimum Gasteiger partial charge on any atom is -0.480 e. The van der Waals surface area contributed by atoms with Gasteiger partial charge in [-0.05, 0) is 43.4 Å². The van der Waals surface area contributed by atoms with E-state index in [0.717, 1.165) is 11.0 Å². The van der Waals surface area contributed by atoms with Crippen LogP contribution in [0.2, 0.25) is 0 Å². The molecule has 14 nitrogen and oxygen atoms in total. The molecule has 5 N–H and O–H groups in total. The molecule has 256 valence electrons. The van der Waals surface area contributed by atoms with Crippen LogP contribution in [0.4, 0.5) is 24.7 Å². The number of nitrogens with zero attached hydrogens (tertiary/aromatic N) is 3. The summed E-state index contributed by atoms with van der Waals surface area (Å²) in [6, 6.07) is 6.08. The Morgan fingerprint density at radius 3 is 2.15 bits per heavy atom. The number of anilines is 2. The number of amides is 2. The second kappa shape index (κ2) is 14.4. The van der Waals surface area contributed by atoms with Gasteiger partial charge in [0.25, 0.3) is 17.2 Å². The number of carbonyl (C=O) groups excluding carboxylic acids is 4. The third kappa shape index (κ3) is 8.02. The van der Waals surface area contributed by atoms with Gasteiger partial charge in [0.2, 0.25) is 5.91 Å². The number of alkyl halides is 3. The summed E-state index contributed by atoms with van der Waals surface area (Å²) < 4.78 is 41.2. The molecule has 2 heterocycles. The SMILES string of the molecule is CC(C)[C@@H](C(=O)C(F)(F)F)N1CCC[C@H]1C(=O)NC(=O)[C@](N)(C(=O)Cn1c(=O)cc(Nc2ccccc2)n(CC(=O)O)c1=O)C(C)C. The third-order valence-corrected chi connectivity index (χ3v) is 8.04. The Bertz CT molecular complexity index is 1650. The van der Waals surface area contributed by atoms with Crippen molar-refractivity contribution in [1.82, 2.24) is 19.4 Å². The number of nitrogens with one attached hydrogen (secondary N) is 2. The number of aliphatic carboxylic acids is 1. The third-order valence-electron chi connectivity index (χ3n) is 8.04. The number of hydrogen-bond donors (Lipinski definition) is 4. The molecule has 0 radical (unpaired) electrons. The van der Waals surface area contributed by atoms with Gasteiger partial charge < -0.3 is 16.2 Å². The lowest BCUT2D eigenvalue weighted by Crippen LogP contribution is -2.66. The number of benzene rings is 1. The molecule has 0 unspecified atom stereocenters. The predicted octanol–water partition coefficient (Wildman–Crippen LogP) is 1.02. The first kappa shape index (κ1) is 36.8. The van der Waals surface area contributed by atoms with Crippen molar-refractivity contribution in [2.45, 2.75) is 77.4 Å². The number of halogens is 3. The van der Waals surface area contributed by atoms with Gasteiger partial charge in [-0.15, -0.1) is 0 Å². The number of rotatable bonds is 13. The van der Waals surface area contributed by atoms with Crippen molar-refractivity contribution in [3.8, 4) is 0 Å². The van der Waals surface area contributed by atoms with Gasteiger partial charge in [0, 0.05) is 11.8 Å². The molecule has 0 aliphatic carbocycles. The summed E-state index contributed by atoms with van der Waals surface area (Å²) in [6.45, 7) is 3.50. The van der Waals surface area contributed by atoms with E-state index in [1.165, 1.54) is 27.7 Å². The number of para-hydroxylation sites is 1. The van der Waals surface area contributed by atoms with Gasteiger partial charge in [0.1, 0.15) is 12.4 Å². The van der Waals surface area contributed by atoms with Crippen molar-refractivity contribution in [2.75, 3.05) is 11.9 Å². The van der Waals surface area contributed by atoms with Crippen LogP contribution in [0.3, 0.4) is 0 Å². The molecule has 3 rings (SSSR count). The summed E-state index contributed by atoms with van der Waals surface area (Å²) in [5.41, 5.74) is 1.93. The molecule has 47 heavy (non-hydrogen) atoms. The standard InChI is InChI=1S/C30H37F3N6O8/c1-16(2)24(25(44)30(31,32)33)37-12-8-11-19(37)26(45)36-27(46)29(34,17(3)4)20(40)14-39-22(41)13-21(35-18-9-6-5-7-10-18)38(28(39)47)15-23(42)43/h5-7,9-10,13,16-17,19,24,35H,8,11-12,14-15,34H2,1-4H3,(H,42,43)(H,36,45,46)/t19-,24-,29+/m0/s1. The van der Waals surface area contributed by atoms with E-state index >= 15 is 0 Å². The molecule has 1 aromatic carbocycles. The van der Waals surface area contributed by atoms with Gasteiger partial charge in [-0.2, -0.15) is 13.2 Å². The van der Waals surface area contributed by atoms with Crippen LogP contribution in [0.1, 0.15) is 40.5 Å². The average molecular weight is 667 g/mol. The van der Waals surface area contributed by atoms with E-state index < -0.39 is 89.3 Å². The maximum atomic E-state index is 13.6. The number of imide groups is 1. The summed E-state index contributed by atoms with van der Waals surface area (Å²) in [5, 5.41) is 14.2. The molecule has 0 bridgehead atoms. The quantitative estimate of drug-likeness (QED) is 0.222. The van der Waals surface area contributed by atoms with Crippen molar-refractivity contribution < 1.29 is 42.3 Å². The highest BCUT2D eigenvalue weighted by Crippen LogP contribution is 2.30. The average Bonchev–Trinajstić information content (AvgIpc) is 3.45. The number of carboxylic acid groups (broad SMARTS) is 1. The van der Waals surface area contributed by atoms with Crippen molar-refractivity contribution in [3.63, 3.8) is 0 Å². The van der Waals surface area contributed by atoms with Crippen LogP contribution in [0.5, 0.6) is 0 Å². The maximum Gasteiger partial charge on any atom is 0.451 e. The first-order chi connectivity index (χ1) is 21.8. The Labute approximate surface area is 266 Å². The zero-order valence-corrected chi connectivity index (χ0v) is 26.2. The number of hydrogen-bond acceptors (Lipinski definition) is 10. The Balaban J connectivity index is 1.91. The number of Topliss-reactive ketones (excluding diaryl/α,β-unsaturated/α-hetero) is 2. The lowest BCUT2D eigenvalue weighted by molar-refractivity contribution is -0.179. The van der Waals surface area contributed by atoms with E-state index in [4.69, 9.17) is 5.73 Å². The Morgan fingerprint density at radius 2 is 1.62 bits per heavy atom. The van der Waals surface area contributed by atoms with Crippen LogP contribution in [-0.4, -0.2) is 78.8 Å². The van der Waals surface area contributed by atoms with Crippen molar-refractivity contribution >= 4 is 40.9 Å². The van der Waals surface area contributed by atoms with E-state index in [2.05, 4.69) is 5.32 Å². The molecule has 1 aliphatic rings. The fraction of sp³-hybridized carbons (Fsp3) is 0.500. The second-order valence-electron chi connectivity index (χ2n) is 11.9. The fourth-order valence-corrected chi connectivity index (χ4v) is 5.51. The fourth-order valence-electron chi connectivity index (χ4n) is 5.51. The number of carbonyl (C=O) groups is 5. The molecule has 0 spiro atoms. The number of nitrogens with two attached hydrogens (primary N) is 1. The summed E-state index contributed by atoms with van der Waals surface area (Å²) in [4.78, 5) is 91.5. The van der Waals surface area contributed by atoms with Gasteiger partial charge in [-0.25, -0.2) is 4.79 Å². The van der Waals surface area contributed by atoms with Gasteiger partial charge in [-0.3, -0.25) is 48.1 Å². The van der Waals surface area contributed by atoms with Gasteiger partial charge in [0.15, 0.2) is 11.3 Å². The van der Waals surface area contributed by atoms with Crippen molar-refractivity contribution in [1.29, 1.82) is 0 Å². The highest BCUT2D eigenvalue weighted by molar-refractivity contribution is 6.15. The summed E-state index contributed by atoms with van der Waals surface area (Å²) >= 11 is 0. The van der Waals surface area contributed by atoms with Crippen LogP contribution in [0, 0.1) is 11.8 Å². The van der Waals surface area contributed by atoms with Crippen molar-refractivity contribution in [3.05, 3.63) is 57.2 Å². The molecule has 2 amide bonds. The molecular weight excluding hydrogens is 629 g/mol. The van der Waals surface area contributed by atoms with Crippen LogP contribution >= 0.6 is 0 Å². The molecule has 17 heteroatoms. The number of carboxylic acids is 1. The summed E-state index contributed by atoms with van der Waals surface area (Å²) in [6.07, 6.45) is -4.90. The minimum atomic E-state index is -5.16. The lowest BCUT2D eigenvalue weighted by atomic mass is 9.82. The van der Waals surface area contributed by atoms with Crippen LogP contribution < -0.4 is 27.6 Å². The van der Waals surface area contributed by atoms with Crippen molar-refractivity contribution in [2.24, 2.45) is 17.6 Å². The zero-order chi connectivity index (χ0) is 35.4. The number of likely N-dealkylation sites (tertiary alicyclic amines) is 1. The topological polar surface area (TPSA) is 203 Å². The second-order valence-corrected chi connectivity index (χ2v) is 11.9. The molecule has 1 aromatic heterocycles. The zero-order valence-electron chi connectivity index (χ0n) is 26.2. The normalized spacial score (nSPS) is 17.3. The van der Waals surface area contributed by atoms with Gasteiger partial charge in [-0.1, -0.05) is 45.9 Å². The largest absolute Gasteiger partial charge is 0.480 e. The lowest BCUT2D eigenvalue weighted by Gasteiger charge is -2.35. The van der Waals surface area contributed by atoms with E-state index in [9.17, 15) is 51.8 Å². The summed E-state index contributed by atoms with van der Waals surface area (Å²) in [7, 11) is 0. The van der Waals surface area contributed by atoms with Gasteiger partial charge in [0.05, 0.1) is 18.6 Å². The van der Waals surface area contributed by atoms with Crippen LogP contribution in [0.25, 0.3) is 0 Å². The maximum absolute atomic E-state index is 13.6. The Kier molecular flexibility index (Phi) is 11.3. The molecule has 1 aliphatic heterocycles. The smallest absolute Gasteiger partial charge is 0.451 e. The van der Waals surface area contributed by atoms with E-state index in [0.29, 0.717) is 14.8 Å². The molecule has 2 aromatic rings. The van der Waals surface area contributed by atoms with Crippen LogP contribution in [0.15, 0.2) is 46.0 Å². The number of ketones is 2. The Hall–Kier alpha value is -4.64. The highest BCUT2D eigenvalue weighted by Gasteiger charge is 2.51. The van der Waals surface area contributed by atoms with E-state index in [1.807, 2.05) is 5.32 Å². The van der Waals surface area contributed by atoms with E-state index in [-0.39, 0.29) is 25.2 Å². The first-order valence-corrected chi connectivity index (χ1v) is 14.7. The number of aromatic nitrogens is 2. The van der Waals surface area contributed by atoms with E-state index in [1.54, 1.807) is 30.3 Å². The van der Waals surface area contributed by atoms with Gasteiger partial charge >= 0.3 is 17.8 Å². The minimum absolute atomic E-state index is 0.0164. The van der Waals surface area contributed by atoms with Crippen LogP contribution in [-0.2, 0) is 37.1 Å². The predicted molar refractivity (Wildman–Crippen MR) is 162 cm³/mol. The molecule has 3 atom stereocenters. The summed E-state index contributed by atoms with van der Waals surface area (Å²) in [5.74, 6) is -9.12. The highest BCUT2D eigenvalue weighted by atomic mass is 19.4. The molecule has 1 saturated heterocycles. The monoisotopic (exact) mass is 666 g/mol. The molecule has 0 saturated carbocycles. The first-order valence-electron chi connectivity index (χ1n) is 14.7.